The van der Waals surface area contributed by atoms with Gasteiger partial charge in [0, 0.05) is 18.4 Å². The van der Waals surface area contributed by atoms with Crippen LogP contribution in [0.2, 0.25) is 0 Å². The summed E-state index contributed by atoms with van der Waals surface area (Å²) in [5.41, 5.74) is 1.61. The average Bonchev–Trinajstić information content (AvgIpc) is 3.10. The molecule has 0 saturated carbocycles. The Morgan fingerprint density at radius 1 is 1.17 bits per heavy atom. The summed E-state index contributed by atoms with van der Waals surface area (Å²) in [4.78, 5) is 14.5. The molecule has 0 saturated heterocycles. The number of urea groups is 1. The lowest BCUT2D eigenvalue weighted by Crippen LogP contribution is -2.35. The zero-order valence-corrected chi connectivity index (χ0v) is 19.0. The lowest BCUT2D eigenvalue weighted by atomic mass is 9.92. The second-order valence-electron chi connectivity index (χ2n) is 8.05. The number of anilines is 1. The van der Waals surface area contributed by atoms with Gasteiger partial charge in [0.2, 0.25) is 0 Å². The van der Waals surface area contributed by atoms with Crippen LogP contribution in [-0.4, -0.2) is 49.8 Å². The van der Waals surface area contributed by atoms with Gasteiger partial charge in [-0.25, -0.2) is 13.9 Å². The summed E-state index contributed by atoms with van der Waals surface area (Å²) in [6.07, 6.45) is 1.55. The van der Waals surface area contributed by atoms with Gasteiger partial charge in [-0.15, -0.1) is 0 Å². The summed E-state index contributed by atoms with van der Waals surface area (Å²) in [7, 11) is -0.349. The van der Waals surface area contributed by atoms with Gasteiger partial charge in [0.25, 0.3) is 10.0 Å². The molecular formula is C20H30FN5O3S. The van der Waals surface area contributed by atoms with E-state index in [1.165, 1.54) is 22.9 Å². The highest BCUT2D eigenvalue weighted by Gasteiger charge is 2.23. The summed E-state index contributed by atoms with van der Waals surface area (Å²) < 4.78 is 42.6. The van der Waals surface area contributed by atoms with Gasteiger partial charge in [0.15, 0.2) is 5.03 Å². The maximum Gasteiger partial charge on any atom is 0.333 e. The minimum atomic E-state index is -4.15. The van der Waals surface area contributed by atoms with Crippen molar-refractivity contribution in [2.45, 2.75) is 51.1 Å². The predicted molar refractivity (Wildman–Crippen MR) is 115 cm³/mol. The number of hydrogen-bond donors (Lipinski definition) is 2. The molecule has 2 rings (SSSR count). The van der Waals surface area contributed by atoms with E-state index in [-0.39, 0.29) is 16.9 Å². The number of sulfonamides is 1. The van der Waals surface area contributed by atoms with Gasteiger partial charge < -0.3 is 10.2 Å². The molecule has 1 aromatic heterocycles. The number of hydrogen-bond acceptors (Lipinski definition) is 5. The highest BCUT2D eigenvalue weighted by molar-refractivity contribution is 7.90. The fourth-order valence-corrected chi connectivity index (χ4v) is 3.78. The number of carbonyl (C=O) groups excluding carboxylic acids is 1. The van der Waals surface area contributed by atoms with Crippen molar-refractivity contribution in [3.05, 3.63) is 41.3 Å². The molecule has 0 radical (unpaired) electrons. The van der Waals surface area contributed by atoms with E-state index in [2.05, 4.69) is 10.4 Å². The fourth-order valence-electron chi connectivity index (χ4n) is 2.93. The third kappa shape index (κ3) is 6.02. The van der Waals surface area contributed by atoms with Crippen molar-refractivity contribution in [3.63, 3.8) is 0 Å². The second-order valence-corrected chi connectivity index (χ2v) is 9.68. The Kier molecular flexibility index (Phi) is 7.59. The minimum absolute atomic E-state index is 0.0718. The molecule has 0 aliphatic rings. The van der Waals surface area contributed by atoms with Crippen LogP contribution in [0.15, 0.2) is 29.4 Å². The van der Waals surface area contributed by atoms with E-state index in [4.69, 9.17) is 0 Å². The Balaban J connectivity index is 2.23. The van der Waals surface area contributed by atoms with E-state index in [1.807, 2.05) is 51.4 Å². The number of likely N-dealkylation sites (N-methyl/N-ethyl adjacent to an activating group) is 1. The largest absolute Gasteiger partial charge is 0.333 e. The molecule has 0 unspecified atom stereocenters. The third-order valence-corrected chi connectivity index (χ3v) is 5.76. The molecule has 0 spiro atoms. The zero-order valence-electron chi connectivity index (χ0n) is 18.2. The highest BCUT2D eigenvalue weighted by atomic mass is 32.2. The molecule has 166 valence electrons. The molecule has 1 heterocycles. The number of carbonyl (C=O) groups is 1. The van der Waals surface area contributed by atoms with Crippen LogP contribution < -0.4 is 10.0 Å². The van der Waals surface area contributed by atoms with Crippen LogP contribution in [0.4, 0.5) is 14.9 Å². The first-order chi connectivity index (χ1) is 13.9. The van der Waals surface area contributed by atoms with Crippen LogP contribution in [0.3, 0.4) is 0 Å². The standard InChI is InChI=1S/C20H30FN5O3S/c1-13(2)16-11-15(21)12-17(14(3)4)19(16)22-20(27)24-30(28,29)18-7-8-26(23-18)10-9-25(5)6/h7-8,11-14H,9-10H2,1-6H3,(H2,22,24,27). The molecule has 2 aromatic rings. The van der Waals surface area contributed by atoms with Crippen LogP contribution >= 0.6 is 0 Å². The number of benzene rings is 1. The van der Waals surface area contributed by atoms with Crippen molar-refractivity contribution >= 4 is 21.7 Å². The molecule has 0 atom stereocenters. The Hall–Kier alpha value is -2.46. The summed E-state index contributed by atoms with van der Waals surface area (Å²) in [6.45, 7) is 8.70. The average molecular weight is 440 g/mol. The van der Waals surface area contributed by atoms with Crippen LogP contribution in [0.5, 0.6) is 0 Å². The van der Waals surface area contributed by atoms with Gasteiger partial charge in [0.1, 0.15) is 5.82 Å². The number of amides is 2. The van der Waals surface area contributed by atoms with Crippen LogP contribution in [0.1, 0.15) is 50.7 Å². The van der Waals surface area contributed by atoms with E-state index >= 15 is 0 Å². The van der Waals surface area contributed by atoms with E-state index in [0.29, 0.717) is 29.9 Å². The van der Waals surface area contributed by atoms with Crippen molar-refractivity contribution < 1.29 is 17.6 Å². The molecule has 8 nitrogen and oxygen atoms in total. The lowest BCUT2D eigenvalue weighted by molar-refractivity contribution is 0.256. The summed E-state index contributed by atoms with van der Waals surface area (Å²) in [6, 6.07) is 3.12. The predicted octanol–water partition coefficient (Wildman–Crippen LogP) is 3.34. The number of nitrogens with zero attached hydrogens (tertiary/aromatic N) is 3. The first kappa shape index (κ1) is 23.8. The summed E-state index contributed by atoms with van der Waals surface area (Å²) in [5.74, 6) is -0.542. The van der Waals surface area contributed by atoms with Crippen LogP contribution in [0, 0.1) is 5.82 Å². The molecule has 0 bridgehead atoms. The van der Waals surface area contributed by atoms with Crippen molar-refractivity contribution in [3.8, 4) is 0 Å². The molecule has 30 heavy (non-hydrogen) atoms. The van der Waals surface area contributed by atoms with Crippen LogP contribution in [0.25, 0.3) is 0 Å². The molecular weight excluding hydrogens is 409 g/mol. The van der Waals surface area contributed by atoms with Crippen molar-refractivity contribution in [1.29, 1.82) is 0 Å². The smallest absolute Gasteiger partial charge is 0.308 e. The quantitative estimate of drug-likeness (QED) is 0.658. The van der Waals surface area contributed by atoms with Gasteiger partial charge in [0.05, 0.1) is 6.54 Å². The third-order valence-electron chi connectivity index (χ3n) is 4.54. The molecule has 10 heteroatoms. The van der Waals surface area contributed by atoms with Gasteiger partial charge in [-0.1, -0.05) is 27.7 Å². The van der Waals surface area contributed by atoms with Crippen molar-refractivity contribution in [2.24, 2.45) is 0 Å². The molecule has 0 fully saturated rings. The number of aromatic nitrogens is 2. The summed E-state index contributed by atoms with van der Waals surface area (Å²) >= 11 is 0. The monoisotopic (exact) mass is 439 g/mol. The number of nitrogens with one attached hydrogen (secondary N) is 2. The summed E-state index contributed by atoms with van der Waals surface area (Å²) in [5, 5.41) is 6.39. The van der Waals surface area contributed by atoms with Crippen molar-refractivity contribution in [2.75, 3.05) is 26.0 Å². The maximum absolute atomic E-state index is 14.0. The first-order valence-electron chi connectivity index (χ1n) is 9.76. The molecule has 2 amide bonds. The number of halogens is 1. The first-order valence-corrected chi connectivity index (χ1v) is 11.2. The Morgan fingerprint density at radius 2 is 1.73 bits per heavy atom. The van der Waals surface area contributed by atoms with E-state index in [9.17, 15) is 17.6 Å². The van der Waals surface area contributed by atoms with Gasteiger partial charge >= 0.3 is 6.03 Å². The van der Waals surface area contributed by atoms with Gasteiger partial charge in [-0.2, -0.15) is 13.5 Å². The molecule has 2 N–H and O–H groups in total. The SMILES string of the molecule is CC(C)c1cc(F)cc(C(C)C)c1NC(=O)NS(=O)(=O)c1ccn(CCN(C)C)n1. The Bertz CT molecular complexity index is 971. The van der Waals surface area contributed by atoms with Gasteiger partial charge in [-0.3, -0.25) is 4.68 Å². The van der Waals surface area contributed by atoms with Crippen LogP contribution in [-0.2, 0) is 16.6 Å². The topological polar surface area (TPSA) is 96.3 Å². The minimum Gasteiger partial charge on any atom is -0.308 e. The number of rotatable bonds is 8. The molecule has 0 aliphatic carbocycles. The second kappa shape index (κ2) is 9.57. The Labute approximate surface area is 177 Å². The normalized spacial score (nSPS) is 12.1. The molecule has 1 aromatic carbocycles. The lowest BCUT2D eigenvalue weighted by Gasteiger charge is -2.20. The highest BCUT2D eigenvalue weighted by Crippen LogP contribution is 2.33. The molecule has 0 aliphatic heterocycles. The van der Waals surface area contributed by atoms with Gasteiger partial charge in [-0.05, 0) is 55.3 Å². The van der Waals surface area contributed by atoms with Crippen molar-refractivity contribution in [1.82, 2.24) is 19.4 Å². The Morgan fingerprint density at radius 3 is 2.23 bits per heavy atom. The van der Waals surface area contributed by atoms with E-state index in [1.54, 1.807) is 6.20 Å². The van der Waals surface area contributed by atoms with E-state index < -0.39 is 21.9 Å². The fraction of sp³-hybridized carbons (Fsp3) is 0.500. The maximum atomic E-state index is 14.0. The van der Waals surface area contributed by atoms with E-state index in [0.717, 1.165) is 0 Å². The zero-order chi connectivity index (χ0) is 22.6.